The quantitative estimate of drug-likeness (QED) is 0.457. The summed E-state index contributed by atoms with van der Waals surface area (Å²) in [5.74, 6) is -0.0431. The van der Waals surface area contributed by atoms with E-state index < -0.39 is 0 Å². The second-order valence-corrected chi connectivity index (χ2v) is 8.69. The Morgan fingerprint density at radius 2 is 1.84 bits per heavy atom. The van der Waals surface area contributed by atoms with Gasteiger partial charge in [-0.25, -0.2) is 0 Å². The Balaban J connectivity index is 1.37. The molecule has 5 heteroatoms. The lowest BCUT2D eigenvalue weighted by Crippen LogP contribution is -2.35. The molecular formula is C26H22N2O2S. The third-order valence-corrected chi connectivity index (χ3v) is 6.55. The average molecular weight is 427 g/mol. The first-order valence-corrected chi connectivity index (χ1v) is 11.3. The van der Waals surface area contributed by atoms with E-state index in [1.54, 1.807) is 0 Å². The minimum absolute atomic E-state index is 0.0233. The molecule has 3 aromatic carbocycles. The van der Waals surface area contributed by atoms with Crippen LogP contribution in [0.2, 0.25) is 0 Å². The van der Waals surface area contributed by atoms with Crippen molar-refractivity contribution in [2.75, 3.05) is 16.8 Å². The number of anilines is 2. The van der Waals surface area contributed by atoms with E-state index in [1.165, 1.54) is 11.3 Å². The Morgan fingerprint density at radius 3 is 2.71 bits per heavy atom. The lowest BCUT2D eigenvalue weighted by atomic mass is 10.0. The van der Waals surface area contributed by atoms with Gasteiger partial charge in [0.05, 0.1) is 11.3 Å². The molecule has 0 bridgehead atoms. The van der Waals surface area contributed by atoms with E-state index in [2.05, 4.69) is 17.4 Å². The zero-order valence-corrected chi connectivity index (χ0v) is 17.8. The van der Waals surface area contributed by atoms with Gasteiger partial charge in [0.2, 0.25) is 5.91 Å². The highest BCUT2D eigenvalue weighted by Crippen LogP contribution is 2.32. The SMILES string of the molecule is O=C(Cc1cccc2ccccc12)Nc1ccc2c(c1)N(C(=O)c1cccs1)CCC2. The molecule has 0 atom stereocenters. The first-order chi connectivity index (χ1) is 15.2. The van der Waals surface area contributed by atoms with Crippen LogP contribution in [0.3, 0.4) is 0 Å². The number of nitrogens with zero attached hydrogens (tertiary/aromatic N) is 1. The van der Waals surface area contributed by atoms with Gasteiger partial charge in [0.25, 0.3) is 5.91 Å². The van der Waals surface area contributed by atoms with Crippen LogP contribution in [0.4, 0.5) is 11.4 Å². The standard InChI is InChI=1S/C26H22N2O2S/c29-25(16-20-8-3-7-18-6-1-2-10-22(18)20)27-21-13-12-19-9-4-14-28(23(19)17-21)26(30)24-11-5-15-31-24/h1-3,5-8,10-13,15,17H,4,9,14,16H2,(H,27,29). The number of hydrogen-bond acceptors (Lipinski definition) is 3. The summed E-state index contributed by atoms with van der Waals surface area (Å²) in [5, 5.41) is 7.17. The number of rotatable bonds is 4. The number of aryl methyl sites for hydroxylation is 1. The van der Waals surface area contributed by atoms with Crippen LogP contribution >= 0.6 is 11.3 Å². The smallest absolute Gasteiger partial charge is 0.268 e. The summed E-state index contributed by atoms with van der Waals surface area (Å²) < 4.78 is 0. The fourth-order valence-corrected chi connectivity index (χ4v) is 4.89. The van der Waals surface area contributed by atoms with Gasteiger partial charge in [0.1, 0.15) is 0 Å². The van der Waals surface area contributed by atoms with Crippen LogP contribution in [0.5, 0.6) is 0 Å². The number of carbonyl (C=O) groups excluding carboxylic acids is 2. The van der Waals surface area contributed by atoms with Crippen LogP contribution in [-0.2, 0) is 17.6 Å². The Bertz CT molecular complexity index is 1260. The molecule has 5 rings (SSSR count). The van der Waals surface area contributed by atoms with Gasteiger partial charge in [0, 0.05) is 17.9 Å². The molecule has 2 heterocycles. The predicted molar refractivity (Wildman–Crippen MR) is 127 cm³/mol. The summed E-state index contributed by atoms with van der Waals surface area (Å²) >= 11 is 1.46. The van der Waals surface area contributed by atoms with Crippen LogP contribution in [0, 0.1) is 0 Å². The van der Waals surface area contributed by atoms with Gasteiger partial charge in [-0.2, -0.15) is 0 Å². The summed E-state index contributed by atoms with van der Waals surface area (Å²) in [4.78, 5) is 28.4. The van der Waals surface area contributed by atoms with Gasteiger partial charge in [-0.05, 0) is 58.3 Å². The molecule has 2 amide bonds. The summed E-state index contributed by atoms with van der Waals surface area (Å²) in [7, 11) is 0. The maximum absolute atomic E-state index is 13.0. The van der Waals surface area contributed by atoms with Crippen molar-refractivity contribution in [3.05, 3.63) is 94.2 Å². The number of hydrogen-bond donors (Lipinski definition) is 1. The van der Waals surface area contributed by atoms with Crippen molar-refractivity contribution in [2.24, 2.45) is 0 Å². The Kier molecular flexibility index (Phi) is 5.26. The van der Waals surface area contributed by atoms with Crippen molar-refractivity contribution in [1.29, 1.82) is 0 Å². The second-order valence-electron chi connectivity index (χ2n) is 7.74. The molecule has 1 aliphatic rings. The molecule has 0 spiro atoms. The Labute approximate surface area is 185 Å². The number of thiophene rings is 1. The monoisotopic (exact) mass is 426 g/mol. The van der Waals surface area contributed by atoms with Gasteiger partial charge in [0.15, 0.2) is 0 Å². The van der Waals surface area contributed by atoms with E-state index in [0.717, 1.165) is 51.0 Å². The van der Waals surface area contributed by atoms with Gasteiger partial charge in [-0.15, -0.1) is 11.3 Å². The van der Waals surface area contributed by atoms with Crippen LogP contribution in [-0.4, -0.2) is 18.4 Å². The molecule has 4 nitrogen and oxygen atoms in total. The Morgan fingerprint density at radius 1 is 0.968 bits per heavy atom. The summed E-state index contributed by atoms with van der Waals surface area (Å²) in [6.45, 7) is 0.692. The van der Waals surface area contributed by atoms with Crippen molar-refractivity contribution in [1.82, 2.24) is 0 Å². The summed E-state index contributed by atoms with van der Waals surface area (Å²) in [6.07, 6.45) is 2.18. The number of nitrogens with one attached hydrogen (secondary N) is 1. The zero-order chi connectivity index (χ0) is 21.2. The van der Waals surface area contributed by atoms with Gasteiger partial charge in [-0.3, -0.25) is 9.59 Å². The van der Waals surface area contributed by atoms with Crippen LogP contribution < -0.4 is 10.2 Å². The highest BCUT2D eigenvalue weighted by Gasteiger charge is 2.24. The first kappa shape index (κ1) is 19.5. The first-order valence-electron chi connectivity index (χ1n) is 10.4. The summed E-state index contributed by atoms with van der Waals surface area (Å²) in [6, 6.07) is 23.8. The van der Waals surface area contributed by atoms with E-state index in [4.69, 9.17) is 0 Å². The molecule has 0 unspecified atom stereocenters. The average Bonchev–Trinajstić information content (AvgIpc) is 3.33. The van der Waals surface area contributed by atoms with Gasteiger partial charge < -0.3 is 10.2 Å². The zero-order valence-electron chi connectivity index (χ0n) is 17.0. The molecule has 0 radical (unpaired) electrons. The Hall–Kier alpha value is -3.44. The summed E-state index contributed by atoms with van der Waals surface area (Å²) in [5.41, 5.74) is 3.76. The molecule has 154 valence electrons. The van der Waals surface area contributed by atoms with Crippen molar-refractivity contribution in [3.8, 4) is 0 Å². The molecule has 0 fully saturated rings. The maximum atomic E-state index is 13.0. The lowest BCUT2D eigenvalue weighted by molar-refractivity contribution is -0.115. The normalized spacial score (nSPS) is 13.1. The van der Waals surface area contributed by atoms with E-state index >= 15 is 0 Å². The number of amides is 2. The molecule has 1 aliphatic heterocycles. The van der Waals surface area contributed by atoms with Crippen molar-refractivity contribution >= 4 is 45.3 Å². The molecular weight excluding hydrogens is 404 g/mol. The van der Waals surface area contributed by atoms with E-state index in [0.29, 0.717) is 13.0 Å². The topological polar surface area (TPSA) is 49.4 Å². The van der Waals surface area contributed by atoms with Crippen LogP contribution in [0.1, 0.15) is 27.2 Å². The molecule has 1 N–H and O–H groups in total. The third-order valence-electron chi connectivity index (χ3n) is 5.70. The van der Waals surface area contributed by atoms with E-state index in [1.807, 2.05) is 70.9 Å². The minimum Gasteiger partial charge on any atom is -0.326 e. The molecule has 0 saturated heterocycles. The third kappa shape index (κ3) is 3.97. The molecule has 31 heavy (non-hydrogen) atoms. The molecule has 0 saturated carbocycles. The highest BCUT2D eigenvalue weighted by molar-refractivity contribution is 7.12. The van der Waals surface area contributed by atoms with Crippen molar-refractivity contribution in [3.63, 3.8) is 0 Å². The number of benzene rings is 3. The van der Waals surface area contributed by atoms with E-state index in [-0.39, 0.29) is 11.8 Å². The predicted octanol–water partition coefficient (Wildman–Crippen LogP) is 5.68. The number of carbonyl (C=O) groups is 2. The van der Waals surface area contributed by atoms with Crippen molar-refractivity contribution < 1.29 is 9.59 Å². The van der Waals surface area contributed by atoms with Crippen LogP contribution in [0.15, 0.2) is 78.2 Å². The minimum atomic E-state index is -0.0664. The van der Waals surface area contributed by atoms with Crippen LogP contribution in [0.25, 0.3) is 10.8 Å². The second kappa shape index (κ2) is 8.36. The van der Waals surface area contributed by atoms with E-state index in [9.17, 15) is 9.59 Å². The maximum Gasteiger partial charge on any atom is 0.268 e. The van der Waals surface area contributed by atoms with Crippen molar-refractivity contribution in [2.45, 2.75) is 19.3 Å². The molecule has 1 aromatic heterocycles. The highest BCUT2D eigenvalue weighted by atomic mass is 32.1. The molecule has 0 aliphatic carbocycles. The van der Waals surface area contributed by atoms with Gasteiger partial charge in [-0.1, -0.05) is 54.6 Å². The largest absolute Gasteiger partial charge is 0.326 e. The lowest BCUT2D eigenvalue weighted by Gasteiger charge is -2.29. The number of fused-ring (bicyclic) bond motifs is 2. The fraction of sp³-hybridized carbons (Fsp3) is 0.154. The fourth-order valence-electron chi connectivity index (χ4n) is 4.22. The van der Waals surface area contributed by atoms with Gasteiger partial charge >= 0.3 is 0 Å². The molecule has 4 aromatic rings.